The van der Waals surface area contributed by atoms with Gasteiger partial charge in [-0.1, -0.05) is 12.8 Å². The van der Waals surface area contributed by atoms with Crippen LogP contribution in [-0.4, -0.2) is 51.9 Å². The average Bonchev–Trinajstić information content (AvgIpc) is 2.86. The zero-order valence-electron chi connectivity index (χ0n) is 16.3. The van der Waals surface area contributed by atoms with E-state index in [1.165, 1.54) is 6.20 Å². The zero-order valence-corrected chi connectivity index (χ0v) is 16.3. The zero-order chi connectivity index (χ0) is 20.8. The molecule has 5 N–H and O–H groups in total. The minimum Gasteiger partial charge on any atom is -0.393 e. The molecule has 0 radical (unpaired) electrons. The number of carbonyl (C=O) groups excluding carboxylic acids is 1. The van der Waals surface area contributed by atoms with Crippen LogP contribution in [-0.2, 0) is 4.74 Å². The fourth-order valence-electron chi connectivity index (χ4n) is 4.07. The fraction of sp³-hybridized carbons (Fsp3) is 0.737. The summed E-state index contributed by atoms with van der Waals surface area (Å²) in [4.78, 5) is 20.4. The molecule has 1 heterocycles. The van der Waals surface area contributed by atoms with Gasteiger partial charge in [0.05, 0.1) is 17.8 Å². The van der Waals surface area contributed by atoms with Gasteiger partial charge in [-0.3, -0.25) is 4.79 Å². The number of hydrogen-bond donors (Lipinski definition) is 4. The van der Waals surface area contributed by atoms with Crippen LogP contribution in [0.5, 0.6) is 0 Å². The summed E-state index contributed by atoms with van der Waals surface area (Å²) in [7, 11) is 0. The molecule has 8 nitrogen and oxygen atoms in total. The third-order valence-electron chi connectivity index (χ3n) is 5.59. The normalized spacial score (nSPS) is 28.0. The van der Waals surface area contributed by atoms with Gasteiger partial charge in [0.1, 0.15) is 5.82 Å². The smallest absolute Gasteiger partial charge is 0.345 e. The first-order chi connectivity index (χ1) is 13.9. The maximum absolute atomic E-state index is 12.3. The van der Waals surface area contributed by atoms with Crippen molar-refractivity contribution in [3.05, 3.63) is 11.8 Å². The maximum Gasteiger partial charge on any atom is 0.345 e. The van der Waals surface area contributed by atoms with Gasteiger partial charge in [0.2, 0.25) is 5.95 Å². The molecule has 0 spiro atoms. The second-order valence-corrected chi connectivity index (χ2v) is 7.85. The van der Waals surface area contributed by atoms with Gasteiger partial charge in [0.25, 0.3) is 5.91 Å². The van der Waals surface area contributed by atoms with Gasteiger partial charge in [-0.25, -0.2) is 4.98 Å². The largest absolute Gasteiger partial charge is 0.393 e. The standard InChI is InChI=1S/C19H29F2N5O3/c20-18(21)29-14-7-5-11(6-8-14)25-19-23-10-15(16(22)28)17(26-19)24-12-3-1-2-4-13(27)9-12/h10-14,18,27H,1-9H2,(H2,22,28)(H2,23,24,25,26)/t11?,12-,13+,14?/m1/s1. The van der Waals surface area contributed by atoms with Gasteiger partial charge in [0.15, 0.2) is 0 Å². The number of ether oxygens (including phenoxy) is 1. The van der Waals surface area contributed by atoms with Gasteiger partial charge < -0.3 is 26.2 Å². The molecule has 162 valence electrons. The molecule has 1 amide bonds. The van der Waals surface area contributed by atoms with E-state index in [4.69, 9.17) is 5.73 Å². The summed E-state index contributed by atoms with van der Waals surface area (Å²) in [5.74, 6) is 0.0756. The van der Waals surface area contributed by atoms with Gasteiger partial charge in [-0.2, -0.15) is 13.8 Å². The number of halogens is 2. The maximum atomic E-state index is 12.3. The molecule has 0 bridgehead atoms. The first kappa shape index (κ1) is 21.6. The van der Waals surface area contributed by atoms with Crippen LogP contribution in [0.1, 0.15) is 68.1 Å². The van der Waals surface area contributed by atoms with E-state index in [1.54, 1.807) is 0 Å². The Kier molecular flexibility index (Phi) is 7.54. The average molecular weight is 413 g/mol. The number of hydrogen-bond acceptors (Lipinski definition) is 7. The van der Waals surface area contributed by atoms with Crippen LogP contribution in [0.2, 0.25) is 0 Å². The Morgan fingerprint density at radius 2 is 1.86 bits per heavy atom. The number of rotatable bonds is 7. The lowest BCUT2D eigenvalue weighted by Gasteiger charge is -2.29. The molecule has 2 fully saturated rings. The van der Waals surface area contributed by atoms with Crippen LogP contribution in [0, 0.1) is 0 Å². The van der Waals surface area contributed by atoms with Crippen molar-refractivity contribution in [3.63, 3.8) is 0 Å². The molecule has 10 heteroatoms. The van der Waals surface area contributed by atoms with Crippen LogP contribution < -0.4 is 16.4 Å². The van der Waals surface area contributed by atoms with E-state index in [1.807, 2.05) is 0 Å². The van der Waals surface area contributed by atoms with E-state index in [9.17, 15) is 18.7 Å². The summed E-state index contributed by atoms with van der Waals surface area (Å²) in [5, 5.41) is 16.5. The Bertz CT molecular complexity index is 686. The first-order valence-electron chi connectivity index (χ1n) is 10.2. The number of anilines is 2. The first-order valence-corrected chi connectivity index (χ1v) is 10.2. The number of aliphatic hydroxyl groups is 1. The monoisotopic (exact) mass is 413 g/mol. The van der Waals surface area contributed by atoms with E-state index in [-0.39, 0.29) is 23.8 Å². The summed E-state index contributed by atoms with van der Waals surface area (Å²) in [6.45, 7) is -2.75. The molecular formula is C19H29F2N5O3. The van der Waals surface area contributed by atoms with E-state index >= 15 is 0 Å². The van der Waals surface area contributed by atoms with Crippen molar-refractivity contribution in [2.24, 2.45) is 5.73 Å². The molecule has 0 aliphatic heterocycles. The predicted molar refractivity (Wildman–Crippen MR) is 104 cm³/mol. The molecule has 1 aromatic rings. The molecule has 0 aromatic carbocycles. The van der Waals surface area contributed by atoms with Crippen LogP contribution in [0.4, 0.5) is 20.5 Å². The number of nitrogens with one attached hydrogen (secondary N) is 2. The number of primary amides is 1. The Labute approximate surface area is 168 Å². The van der Waals surface area contributed by atoms with Crippen LogP contribution in [0.15, 0.2) is 6.20 Å². The van der Waals surface area contributed by atoms with Crippen molar-refractivity contribution < 1.29 is 23.4 Å². The summed E-state index contributed by atoms with van der Waals surface area (Å²) in [5.41, 5.74) is 5.66. The lowest BCUT2D eigenvalue weighted by molar-refractivity contribution is -0.169. The third kappa shape index (κ3) is 6.46. The Morgan fingerprint density at radius 1 is 1.14 bits per heavy atom. The molecule has 3 rings (SSSR count). The highest BCUT2D eigenvalue weighted by atomic mass is 19.3. The van der Waals surface area contributed by atoms with E-state index < -0.39 is 18.6 Å². The minimum atomic E-state index is -2.75. The molecule has 2 atom stereocenters. The molecule has 2 aliphatic carbocycles. The highest BCUT2D eigenvalue weighted by molar-refractivity contribution is 5.97. The lowest BCUT2D eigenvalue weighted by atomic mass is 9.93. The number of nitrogens with two attached hydrogens (primary N) is 1. The highest BCUT2D eigenvalue weighted by Gasteiger charge is 2.25. The van der Waals surface area contributed by atoms with Gasteiger partial charge >= 0.3 is 6.61 Å². The number of nitrogens with zero attached hydrogens (tertiary/aromatic N) is 2. The van der Waals surface area contributed by atoms with Crippen molar-refractivity contribution in [1.82, 2.24) is 9.97 Å². The van der Waals surface area contributed by atoms with Gasteiger partial charge in [-0.15, -0.1) is 0 Å². The summed E-state index contributed by atoms with van der Waals surface area (Å²) in [6.07, 6.45) is 7.16. The number of aromatic nitrogens is 2. The SMILES string of the molecule is NC(=O)c1cnc(NC2CCC(OC(F)F)CC2)nc1N[C@@H]1CCCC[C@H](O)C1. The number of aliphatic hydroxyl groups excluding tert-OH is 1. The van der Waals surface area contributed by atoms with E-state index in [2.05, 4.69) is 25.3 Å². The molecular weight excluding hydrogens is 384 g/mol. The number of amides is 1. The summed E-state index contributed by atoms with van der Waals surface area (Å²) in [6, 6.07) is 0.0368. The topological polar surface area (TPSA) is 122 Å². The Hall–Kier alpha value is -2.07. The van der Waals surface area contributed by atoms with Gasteiger partial charge in [0, 0.05) is 18.3 Å². The van der Waals surface area contributed by atoms with Crippen LogP contribution in [0.3, 0.4) is 0 Å². The lowest BCUT2D eigenvalue weighted by Crippen LogP contribution is -2.31. The van der Waals surface area contributed by atoms with Crippen molar-refractivity contribution >= 4 is 17.7 Å². The molecule has 0 saturated heterocycles. The third-order valence-corrected chi connectivity index (χ3v) is 5.59. The van der Waals surface area contributed by atoms with E-state index in [0.717, 1.165) is 25.7 Å². The fourth-order valence-corrected chi connectivity index (χ4v) is 4.07. The predicted octanol–water partition coefficient (Wildman–Crippen LogP) is 2.64. The Morgan fingerprint density at radius 3 is 2.55 bits per heavy atom. The Balaban J connectivity index is 1.64. The highest BCUT2D eigenvalue weighted by Crippen LogP contribution is 2.26. The molecule has 2 aliphatic rings. The second-order valence-electron chi connectivity index (χ2n) is 7.85. The van der Waals surface area contributed by atoms with Crippen molar-refractivity contribution in [2.45, 2.75) is 88.7 Å². The van der Waals surface area contributed by atoms with Gasteiger partial charge in [-0.05, 0) is 44.9 Å². The van der Waals surface area contributed by atoms with Crippen LogP contribution in [0.25, 0.3) is 0 Å². The summed E-state index contributed by atoms with van der Waals surface area (Å²) < 4.78 is 29.2. The quantitative estimate of drug-likeness (QED) is 0.507. The molecule has 2 saturated carbocycles. The second kappa shape index (κ2) is 10.1. The number of carbonyl (C=O) groups is 1. The van der Waals surface area contributed by atoms with Crippen molar-refractivity contribution in [2.75, 3.05) is 10.6 Å². The molecule has 29 heavy (non-hydrogen) atoms. The molecule has 1 aromatic heterocycles. The minimum absolute atomic E-state index is 0.00437. The summed E-state index contributed by atoms with van der Waals surface area (Å²) >= 11 is 0. The van der Waals surface area contributed by atoms with Crippen molar-refractivity contribution in [3.8, 4) is 0 Å². The van der Waals surface area contributed by atoms with Crippen molar-refractivity contribution in [1.29, 1.82) is 0 Å². The molecule has 0 unspecified atom stereocenters. The number of alkyl halides is 2. The van der Waals surface area contributed by atoms with E-state index in [0.29, 0.717) is 43.9 Å². The van der Waals surface area contributed by atoms with Crippen LogP contribution >= 0.6 is 0 Å².